The second-order valence-corrected chi connectivity index (χ2v) is 7.75. The summed E-state index contributed by atoms with van der Waals surface area (Å²) in [5.41, 5.74) is 3.69. The number of anilines is 1. The fraction of sp³-hybridized carbons (Fsp3) is 0.250. The number of benzene rings is 1. The number of hydrogen-bond donors (Lipinski definition) is 1. The summed E-state index contributed by atoms with van der Waals surface area (Å²) < 4.78 is 2.15. The number of para-hydroxylation sites is 1. The van der Waals surface area contributed by atoms with Crippen LogP contribution in [0.5, 0.6) is 0 Å². The van der Waals surface area contributed by atoms with E-state index >= 15 is 0 Å². The SMILES string of the molecule is Cc1ccnc(NC(=O)CSc2nnc3c4ccccc4n(C(C)C)c3n2)c1. The Balaban J connectivity index is 1.57. The number of nitrogens with zero attached hydrogens (tertiary/aromatic N) is 5. The number of aryl methyl sites for hydroxylation is 1. The maximum atomic E-state index is 12.2. The third kappa shape index (κ3) is 3.55. The normalized spacial score (nSPS) is 11.4. The molecule has 142 valence electrons. The lowest BCUT2D eigenvalue weighted by Gasteiger charge is -2.10. The van der Waals surface area contributed by atoms with Crippen LogP contribution in [0.1, 0.15) is 25.5 Å². The molecular formula is C20H20N6OS. The van der Waals surface area contributed by atoms with Gasteiger partial charge in [-0.2, -0.15) is 0 Å². The molecule has 7 nitrogen and oxygen atoms in total. The summed E-state index contributed by atoms with van der Waals surface area (Å²) in [6.07, 6.45) is 1.67. The van der Waals surface area contributed by atoms with Crippen molar-refractivity contribution in [3.8, 4) is 0 Å². The Morgan fingerprint density at radius 3 is 2.82 bits per heavy atom. The van der Waals surface area contributed by atoms with Crippen molar-refractivity contribution in [2.45, 2.75) is 32.0 Å². The molecule has 1 aromatic carbocycles. The van der Waals surface area contributed by atoms with Gasteiger partial charge in [0.25, 0.3) is 0 Å². The molecule has 3 aromatic heterocycles. The van der Waals surface area contributed by atoms with E-state index in [1.165, 1.54) is 11.8 Å². The topological polar surface area (TPSA) is 85.6 Å². The van der Waals surface area contributed by atoms with Crippen molar-refractivity contribution in [1.82, 2.24) is 24.7 Å². The largest absolute Gasteiger partial charge is 0.321 e. The Morgan fingerprint density at radius 2 is 2.04 bits per heavy atom. The van der Waals surface area contributed by atoms with Gasteiger partial charge in [0, 0.05) is 17.6 Å². The molecule has 0 radical (unpaired) electrons. The van der Waals surface area contributed by atoms with Gasteiger partial charge in [0.1, 0.15) is 11.3 Å². The number of nitrogens with one attached hydrogen (secondary N) is 1. The van der Waals surface area contributed by atoms with E-state index in [1.807, 2.05) is 37.3 Å². The van der Waals surface area contributed by atoms with Crippen LogP contribution in [0.2, 0.25) is 0 Å². The average molecular weight is 392 g/mol. The van der Waals surface area contributed by atoms with E-state index in [4.69, 9.17) is 0 Å². The van der Waals surface area contributed by atoms with Crippen LogP contribution in [0.15, 0.2) is 47.8 Å². The maximum Gasteiger partial charge on any atom is 0.236 e. The maximum absolute atomic E-state index is 12.2. The summed E-state index contributed by atoms with van der Waals surface area (Å²) in [6.45, 7) is 6.18. The van der Waals surface area contributed by atoms with E-state index in [0.717, 1.165) is 27.6 Å². The van der Waals surface area contributed by atoms with Crippen LogP contribution in [0.25, 0.3) is 22.1 Å². The summed E-state index contributed by atoms with van der Waals surface area (Å²) in [7, 11) is 0. The number of amides is 1. The Hall–Kier alpha value is -3.00. The van der Waals surface area contributed by atoms with Crippen molar-refractivity contribution in [3.63, 3.8) is 0 Å². The van der Waals surface area contributed by atoms with Crippen LogP contribution in [0, 0.1) is 6.92 Å². The van der Waals surface area contributed by atoms with E-state index in [9.17, 15) is 4.79 Å². The fourth-order valence-electron chi connectivity index (χ4n) is 3.14. The molecule has 0 unspecified atom stereocenters. The molecule has 8 heteroatoms. The van der Waals surface area contributed by atoms with Gasteiger partial charge in [-0.25, -0.2) is 9.97 Å². The zero-order chi connectivity index (χ0) is 19.7. The zero-order valence-corrected chi connectivity index (χ0v) is 16.7. The Labute approximate surface area is 166 Å². The molecule has 0 aliphatic carbocycles. The van der Waals surface area contributed by atoms with Crippen LogP contribution in [-0.4, -0.2) is 36.4 Å². The first-order chi connectivity index (χ1) is 13.5. The van der Waals surface area contributed by atoms with Gasteiger partial charge in [0.2, 0.25) is 11.1 Å². The summed E-state index contributed by atoms with van der Waals surface area (Å²) in [6, 6.07) is 12.0. The van der Waals surface area contributed by atoms with E-state index in [2.05, 4.69) is 50.0 Å². The minimum absolute atomic E-state index is 0.156. The molecule has 3 heterocycles. The highest BCUT2D eigenvalue weighted by molar-refractivity contribution is 7.99. The van der Waals surface area contributed by atoms with Crippen molar-refractivity contribution >= 4 is 45.6 Å². The molecule has 0 aliphatic rings. The number of carbonyl (C=O) groups is 1. The first-order valence-corrected chi connectivity index (χ1v) is 10.00. The van der Waals surface area contributed by atoms with Gasteiger partial charge < -0.3 is 9.88 Å². The molecule has 0 fully saturated rings. The van der Waals surface area contributed by atoms with Crippen LogP contribution >= 0.6 is 11.8 Å². The van der Waals surface area contributed by atoms with Crippen LogP contribution < -0.4 is 5.32 Å². The fourth-order valence-corrected chi connectivity index (χ4v) is 3.72. The third-order valence-electron chi connectivity index (χ3n) is 4.33. The molecule has 1 amide bonds. The summed E-state index contributed by atoms with van der Waals surface area (Å²) in [4.78, 5) is 21.0. The molecule has 0 aliphatic heterocycles. The number of pyridine rings is 1. The zero-order valence-electron chi connectivity index (χ0n) is 15.9. The van der Waals surface area contributed by atoms with Crippen molar-refractivity contribution in [2.75, 3.05) is 11.1 Å². The minimum atomic E-state index is -0.156. The lowest BCUT2D eigenvalue weighted by molar-refractivity contribution is -0.113. The number of carbonyl (C=O) groups excluding carboxylic acids is 1. The van der Waals surface area contributed by atoms with Gasteiger partial charge in [-0.3, -0.25) is 4.79 Å². The highest BCUT2D eigenvalue weighted by Crippen LogP contribution is 2.29. The van der Waals surface area contributed by atoms with Crippen molar-refractivity contribution < 1.29 is 4.79 Å². The highest BCUT2D eigenvalue weighted by atomic mass is 32.2. The second-order valence-electron chi connectivity index (χ2n) is 6.80. The summed E-state index contributed by atoms with van der Waals surface area (Å²) in [5, 5.41) is 12.9. The lowest BCUT2D eigenvalue weighted by atomic mass is 10.2. The molecule has 0 atom stereocenters. The first kappa shape index (κ1) is 18.4. The van der Waals surface area contributed by atoms with Crippen molar-refractivity contribution in [2.24, 2.45) is 0 Å². The second kappa shape index (κ2) is 7.55. The smallest absolute Gasteiger partial charge is 0.236 e. The minimum Gasteiger partial charge on any atom is -0.321 e. The van der Waals surface area contributed by atoms with Crippen LogP contribution in [0.4, 0.5) is 5.82 Å². The van der Waals surface area contributed by atoms with Gasteiger partial charge in [0.05, 0.1) is 11.3 Å². The molecule has 0 spiro atoms. The number of fused-ring (bicyclic) bond motifs is 3. The summed E-state index contributed by atoms with van der Waals surface area (Å²) in [5.74, 6) is 0.571. The molecule has 28 heavy (non-hydrogen) atoms. The third-order valence-corrected chi connectivity index (χ3v) is 5.17. The van der Waals surface area contributed by atoms with Gasteiger partial charge in [0.15, 0.2) is 5.65 Å². The van der Waals surface area contributed by atoms with Crippen LogP contribution in [-0.2, 0) is 4.79 Å². The molecular weight excluding hydrogens is 372 g/mol. The molecule has 0 saturated carbocycles. The van der Waals surface area contributed by atoms with E-state index < -0.39 is 0 Å². The average Bonchev–Trinajstić information content (AvgIpc) is 3.00. The van der Waals surface area contributed by atoms with Crippen molar-refractivity contribution in [3.05, 3.63) is 48.2 Å². The molecule has 4 rings (SSSR count). The molecule has 0 saturated heterocycles. The van der Waals surface area contributed by atoms with E-state index in [-0.39, 0.29) is 17.7 Å². The number of hydrogen-bond acceptors (Lipinski definition) is 6. The Kier molecular flexibility index (Phi) is 4.95. The quantitative estimate of drug-likeness (QED) is 0.517. The number of aromatic nitrogens is 5. The van der Waals surface area contributed by atoms with Gasteiger partial charge in [-0.1, -0.05) is 30.0 Å². The lowest BCUT2D eigenvalue weighted by Crippen LogP contribution is -2.15. The van der Waals surface area contributed by atoms with Crippen molar-refractivity contribution in [1.29, 1.82) is 0 Å². The van der Waals surface area contributed by atoms with Gasteiger partial charge >= 0.3 is 0 Å². The van der Waals surface area contributed by atoms with E-state index in [0.29, 0.717) is 11.0 Å². The predicted octanol–water partition coefficient (Wildman–Crippen LogP) is 3.99. The highest BCUT2D eigenvalue weighted by Gasteiger charge is 2.17. The van der Waals surface area contributed by atoms with Crippen LogP contribution in [0.3, 0.4) is 0 Å². The molecule has 0 bridgehead atoms. The molecule has 1 N–H and O–H groups in total. The molecule has 4 aromatic rings. The first-order valence-electron chi connectivity index (χ1n) is 9.01. The Morgan fingerprint density at radius 1 is 1.21 bits per heavy atom. The van der Waals surface area contributed by atoms with E-state index in [1.54, 1.807) is 6.20 Å². The predicted molar refractivity (Wildman–Crippen MR) is 112 cm³/mol. The van der Waals surface area contributed by atoms with Gasteiger partial charge in [-0.15, -0.1) is 10.2 Å². The standard InChI is InChI=1S/C20H20N6OS/c1-12(2)26-15-7-5-4-6-14(15)18-19(26)23-20(25-24-18)28-11-17(27)22-16-10-13(3)8-9-21-16/h4-10,12H,11H2,1-3H3,(H,21,22,27). The van der Waals surface area contributed by atoms with Gasteiger partial charge in [-0.05, 0) is 44.5 Å². The monoisotopic (exact) mass is 392 g/mol. The summed E-state index contributed by atoms with van der Waals surface area (Å²) >= 11 is 1.26. The number of rotatable bonds is 5. The number of thioether (sulfide) groups is 1. The Bertz CT molecular complexity index is 1170.